The summed E-state index contributed by atoms with van der Waals surface area (Å²) in [5, 5.41) is 2.58. The van der Waals surface area contributed by atoms with Gasteiger partial charge < -0.3 is 19.5 Å². The van der Waals surface area contributed by atoms with Gasteiger partial charge in [-0.1, -0.05) is 12.8 Å². The zero-order valence-corrected chi connectivity index (χ0v) is 16.4. The number of carbonyl (C=O) groups is 4. The van der Waals surface area contributed by atoms with Crippen LogP contribution in [0.15, 0.2) is 18.2 Å². The molecule has 1 saturated carbocycles. The lowest BCUT2D eigenvalue weighted by molar-refractivity contribution is -0.154. The van der Waals surface area contributed by atoms with Crippen molar-refractivity contribution in [3.63, 3.8) is 0 Å². The number of methoxy groups -OCH3 is 2. The van der Waals surface area contributed by atoms with Crippen molar-refractivity contribution < 1.29 is 33.4 Å². The van der Waals surface area contributed by atoms with Gasteiger partial charge in [-0.05, 0) is 25.0 Å². The summed E-state index contributed by atoms with van der Waals surface area (Å²) in [5.74, 6) is -1.67. The molecule has 156 valence electrons. The van der Waals surface area contributed by atoms with Crippen LogP contribution in [0.4, 0.5) is 5.69 Å². The van der Waals surface area contributed by atoms with Gasteiger partial charge >= 0.3 is 5.97 Å². The Morgan fingerprint density at radius 3 is 2.24 bits per heavy atom. The van der Waals surface area contributed by atoms with E-state index in [4.69, 9.17) is 14.2 Å². The van der Waals surface area contributed by atoms with Crippen molar-refractivity contribution in [2.75, 3.05) is 32.7 Å². The molecule has 1 heterocycles. The highest BCUT2D eigenvalue weighted by Crippen LogP contribution is 2.37. The number of anilines is 1. The highest BCUT2D eigenvalue weighted by molar-refractivity contribution is 6.07. The molecule has 29 heavy (non-hydrogen) atoms. The average Bonchev–Trinajstić information content (AvgIpc) is 2.97. The van der Waals surface area contributed by atoms with Crippen LogP contribution in [0.2, 0.25) is 0 Å². The molecule has 3 rings (SSSR count). The Morgan fingerprint density at radius 1 is 1.03 bits per heavy atom. The first-order valence-electron chi connectivity index (χ1n) is 9.47. The standard InChI is InChI=1S/C20H24N2O7/c1-27-15-8-7-12(9-16(15)28-2)21-17(23)11-29-18(24)10-22-19(25)13-5-3-4-6-14(13)20(22)26/h7-9,13-14H,3-6,10-11H2,1-2H3,(H,21,23)/t13-,14-/m0/s1. The second kappa shape index (κ2) is 8.93. The van der Waals surface area contributed by atoms with E-state index < -0.39 is 25.0 Å². The quantitative estimate of drug-likeness (QED) is 0.539. The van der Waals surface area contributed by atoms with Crippen molar-refractivity contribution in [1.82, 2.24) is 4.90 Å². The molecule has 9 heteroatoms. The molecule has 0 spiro atoms. The predicted octanol–water partition coefficient (Wildman–Crippen LogP) is 1.36. The summed E-state index contributed by atoms with van der Waals surface area (Å²) in [7, 11) is 2.97. The molecule has 0 radical (unpaired) electrons. The molecule has 9 nitrogen and oxygen atoms in total. The molecule has 1 aromatic carbocycles. The molecular weight excluding hydrogens is 380 g/mol. The Bertz CT molecular complexity index is 799. The minimum atomic E-state index is -0.798. The lowest BCUT2D eigenvalue weighted by atomic mass is 9.81. The number of rotatable bonds is 7. The maximum atomic E-state index is 12.4. The van der Waals surface area contributed by atoms with E-state index in [0.717, 1.165) is 17.7 Å². The van der Waals surface area contributed by atoms with Crippen LogP contribution < -0.4 is 14.8 Å². The number of amides is 3. The second-order valence-corrected chi connectivity index (χ2v) is 7.04. The topological polar surface area (TPSA) is 111 Å². The summed E-state index contributed by atoms with van der Waals surface area (Å²) in [6.45, 7) is -0.995. The number of ether oxygens (including phenoxy) is 3. The summed E-state index contributed by atoms with van der Waals surface area (Å²) in [6, 6.07) is 4.82. The van der Waals surface area contributed by atoms with Gasteiger partial charge in [-0.3, -0.25) is 24.1 Å². The summed E-state index contributed by atoms with van der Waals surface area (Å²) >= 11 is 0. The molecule has 2 atom stereocenters. The molecule has 1 saturated heterocycles. The van der Waals surface area contributed by atoms with Crippen molar-refractivity contribution in [1.29, 1.82) is 0 Å². The number of benzene rings is 1. The SMILES string of the molecule is COc1ccc(NC(=O)COC(=O)CN2C(=O)[C@H]3CCCC[C@@H]3C2=O)cc1OC. The number of esters is 1. The number of nitrogens with one attached hydrogen (secondary N) is 1. The molecule has 1 N–H and O–H groups in total. The number of imide groups is 1. The number of hydrogen-bond acceptors (Lipinski definition) is 7. The van der Waals surface area contributed by atoms with Crippen LogP contribution in [0.1, 0.15) is 25.7 Å². The van der Waals surface area contributed by atoms with Gasteiger partial charge in [-0.25, -0.2) is 0 Å². The first-order valence-corrected chi connectivity index (χ1v) is 9.47. The van der Waals surface area contributed by atoms with Crippen molar-refractivity contribution in [2.45, 2.75) is 25.7 Å². The molecule has 1 aliphatic carbocycles. The third-order valence-corrected chi connectivity index (χ3v) is 5.25. The van der Waals surface area contributed by atoms with Crippen molar-refractivity contribution in [3.8, 4) is 11.5 Å². The van der Waals surface area contributed by atoms with E-state index in [-0.39, 0.29) is 23.7 Å². The van der Waals surface area contributed by atoms with Crippen molar-refractivity contribution >= 4 is 29.4 Å². The van der Waals surface area contributed by atoms with E-state index in [1.807, 2.05) is 0 Å². The average molecular weight is 404 g/mol. The third kappa shape index (κ3) is 4.49. The van der Waals surface area contributed by atoms with Crippen LogP contribution in [-0.4, -0.2) is 56.0 Å². The van der Waals surface area contributed by atoms with Gasteiger partial charge in [0.1, 0.15) is 6.54 Å². The van der Waals surface area contributed by atoms with Crippen LogP contribution in [0.5, 0.6) is 11.5 Å². The summed E-state index contributed by atoms with van der Waals surface area (Å²) in [6.07, 6.45) is 3.17. The van der Waals surface area contributed by atoms with Crippen LogP contribution >= 0.6 is 0 Å². The summed E-state index contributed by atoms with van der Waals surface area (Å²) in [4.78, 5) is 49.8. The lowest BCUT2D eigenvalue weighted by Gasteiger charge is -2.19. The molecule has 2 fully saturated rings. The fraction of sp³-hybridized carbons (Fsp3) is 0.500. The van der Waals surface area contributed by atoms with Crippen molar-refractivity contribution in [2.24, 2.45) is 11.8 Å². The number of fused-ring (bicyclic) bond motifs is 1. The van der Waals surface area contributed by atoms with Gasteiger partial charge in [-0.2, -0.15) is 0 Å². The zero-order chi connectivity index (χ0) is 21.0. The molecule has 3 amide bonds. The minimum absolute atomic E-state index is 0.313. The van der Waals surface area contributed by atoms with E-state index in [2.05, 4.69) is 5.32 Å². The third-order valence-electron chi connectivity index (χ3n) is 5.25. The molecule has 0 unspecified atom stereocenters. The van der Waals surface area contributed by atoms with Gasteiger partial charge in [0.25, 0.3) is 5.91 Å². The fourth-order valence-electron chi connectivity index (χ4n) is 3.82. The number of nitrogens with zero attached hydrogens (tertiary/aromatic N) is 1. The van der Waals surface area contributed by atoms with E-state index in [1.165, 1.54) is 14.2 Å². The Hall–Kier alpha value is -3.10. The molecule has 0 bridgehead atoms. The Balaban J connectivity index is 1.50. The van der Waals surface area contributed by atoms with Gasteiger partial charge in [-0.15, -0.1) is 0 Å². The first-order chi connectivity index (χ1) is 13.9. The van der Waals surface area contributed by atoms with E-state index in [9.17, 15) is 19.2 Å². The maximum absolute atomic E-state index is 12.4. The number of carbonyl (C=O) groups excluding carboxylic acids is 4. The highest BCUT2D eigenvalue weighted by atomic mass is 16.5. The van der Waals surface area contributed by atoms with Gasteiger partial charge in [0.15, 0.2) is 18.1 Å². The van der Waals surface area contributed by atoms with Gasteiger partial charge in [0, 0.05) is 11.8 Å². The van der Waals surface area contributed by atoms with E-state index in [1.54, 1.807) is 18.2 Å². The smallest absolute Gasteiger partial charge is 0.326 e. The lowest BCUT2D eigenvalue weighted by Crippen LogP contribution is -2.37. The van der Waals surface area contributed by atoms with E-state index in [0.29, 0.717) is 30.0 Å². The molecule has 2 aliphatic rings. The van der Waals surface area contributed by atoms with Gasteiger partial charge in [0.05, 0.1) is 26.1 Å². The van der Waals surface area contributed by atoms with Gasteiger partial charge in [0.2, 0.25) is 11.8 Å². The Kier molecular flexibility index (Phi) is 6.36. The van der Waals surface area contributed by atoms with E-state index >= 15 is 0 Å². The number of likely N-dealkylation sites (tertiary alicyclic amines) is 1. The predicted molar refractivity (Wildman–Crippen MR) is 101 cm³/mol. The minimum Gasteiger partial charge on any atom is -0.493 e. The normalized spacial score (nSPS) is 20.8. The summed E-state index contributed by atoms with van der Waals surface area (Å²) in [5.41, 5.74) is 0.442. The first kappa shape index (κ1) is 20.6. The Labute approximate surface area is 168 Å². The summed E-state index contributed by atoms with van der Waals surface area (Å²) < 4.78 is 15.2. The molecular formula is C20H24N2O7. The van der Waals surface area contributed by atoms with Crippen LogP contribution in [-0.2, 0) is 23.9 Å². The molecule has 1 aliphatic heterocycles. The largest absolute Gasteiger partial charge is 0.493 e. The van der Waals surface area contributed by atoms with Crippen LogP contribution in [0, 0.1) is 11.8 Å². The van der Waals surface area contributed by atoms with Crippen LogP contribution in [0.25, 0.3) is 0 Å². The second-order valence-electron chi connectivity index (χ2n) is 7.04. The van der Waals surface area contributed by atoms with Crippen LogP contribution in [0.3, 0.4) is 0 Å². The highest BCUT2D eigenvalue weighted by Gasteiger charge is 2.48. The Morgan fingerprint density at radius 2 is 1.66 bits per heavy atom. The molecule has 0 aromatic heterocycles. The van der Waals surface area contributed by atoms with Crippen molar-refractivity contribution in [3.05, 3.63) is 18.2 Å². The zero-order valence-electron chi connectivity index (χ0n) is 16.4. The maximum Gasteiger partial charge on any atom is 0.326 e. The molecule has 1 aromatic rings. The fourth-order valence-corrected chi connectivity index (χ4v) is 3.82. The monoisotopic (exact) mass is 404 g/mol. The number of hydrogen-bond donors (Lipinski definition) is 1.